The van der Waals surface area contributed by atoms with Crippen LogP contribution in [0.2, 0.25) is 0 Å². The lowest BCUT2D eigenvalue weighted by atomic mass is 10.1. The Kier molecular flexibility index (Phi) is 3.80. The largest absolute Gasteiger partial charge is 0.433 e. The van der Waals surface area contributed by atoms with E-state index in [1.165, 1.54) is 6.92 Å². The molecule has 0 saturated carbocycles. The lowest BCUT2D eigenvalue weighted by molar-refractivity contribution is -0.142. The van der Waals surface area contributed by atoms with Crippen LogP contribution in [0.1, 0.15) is 18.2 Å². The number of hydrogen-bond acceptors (Lipinski definition) is 2. The molecule has 3 nitrogen and oxygen atoms in total. The van der Waals surface area contributed by atoms with Crippen LogP contribution in [0.4, 0.5) is 22.0 Å². The molecule has 0 aliphatic heterocycles. The van der Waals surface area contributed by atoms with Crippen LogP contribution in [0, 0.1) is 11.6 Å². The van der Waals surface area contributed by atoms with E-state index in [2.05, 4.69) is 4.98 Å². The van der Waals surface area contributed by atoms with E-state index in [9.17, 15) is 26.7 Å². The van der Waals surface area contributed by atoms with Crippen molar-refractivity contribution in [3.8, 4) is 5.69 Å². The zero-order valence-corrected chi connectivity index (χ0v) is 10.7. The molecule has 1 aromatic heterocycles. The third kappa shape index (κ3) is 2.79. The standard InChI is InChI=1S/C13H9F5N2O/c1-2-8-11(13(16,17)18)19-6-20(12(8)21)10-4-3-7(14)5-9(10)15/h3-6H,2H2,1H3. The molecule has 0 N–H and O–H groups in total. The van der Waals surface area contributed by atoms with Crippen molar-refractivity contribution in [1.29, 1.82) is 0 Å². The number of alkyl halides is 3. The van der Waals surface area contributed by atoms with Gasteiger partial charge in [-0.05, 0) is 18.6 Å². The summed E-state index contributed by atoms with van der Waals surface area (Å²) in [4.78, 5) is 15.3. The number of benzene rings is 1. The maximum absolute atomic E-state index is 13.6. The first-order valence-electron chi connectivity index (χ1n) is 5.88. The lowest BCUT2D eigenvalue weighted by Gasteiger charge is -2.13. The van der Waals surface area contributed by atoms with E-state index >= 15 is 0 Å². The van der Waals surface area contributed by atoms with Gasteiger partial charge in [-0.2, -0.15) is 13.2 Å². The Bertz CT molecular complexity index is 736. The van der Waals surface area contributed by atoms with E-state index < -0.39 is 34.6 Å². The summed E-state index contributed by atoms with van der Waals surface area (Å²) in [6.45, 7) is 1.36. The molecular formula is C13H9F5N2O. The molecule has 1 heterocycles. The minimum absolute atomic E-state index is 0.218. The normalized spacial score (nSPS) is 11.7. The highest BCUT2D eigenvalue weighted by molar-refractivity contribution is 5.35. The number of rotatable bonds is 2. The number of hydrogen-bond donors (Lipinski definition) is 0. The smallest absolute Gasteiger partial charge is 0.269 e. The van der Waals surface area contributed by atoms with Crippen LogP contribution in [0.15, 0.2) is 29.3 Å². The first kappa shape index (κ1) is 15.1. The van der Waals surface area contributed by atoms with Gasteiger partial charge in [0, 0.05) is 11.6 Å². The lowest BCUT2D eigenvalue weighted by Crippen LogP contribution is -2.28. The second-order valence-electron chi connectivity index (χ2n) is 4.19. The molecule has 2 aromatic rings. The van der Waals surface area contributed by atoms with Crippen molar-refractivity contribution >= 4 is 0 Å². The predicted molar refractivity (Wildman–Crippen MR) is 64.1 cm³/mol. The molecule has 0 fully saturated rings. The summed E-state index contributed by atoms with van der Waals surface area (Å²) in [6.07, 6.45) is -4.41. The third-order valence-electron chi connectivity index (χ3n) is 2.86. The van der Waals surface area contributed by atoms with Crippen molar-refractivity contribution < 1.29 is 22.0 Å². The SMILES string of the molecule is CCc1c(C(F)(F)F)ncn(-c2ccc(F)cc2F)c1=O. The zero-order chi connectivity index (χ0) is 15.8. The van der Waals surface area contributed by atoms with Gasteiger partial charge in [0.25, 0.3) is 5.56 Å². The first-order valence-corrected chi connectivity index (χ1v) is 5.88. The first-order chi connectivity index (χ1) is 9.75. The Labute approximate surface area is 115 Å². The van der Waals surface area contributed by atoms with Crippen molar-refractivity contribution in [1.82, 2.24) is 9.55 Å². The fourth-order valence-electron chi connectivity index (χ4n) is 1.90. The highest BCUT2D eigenvalue weighted by Crippen LogP contribution is 2.29. The average molecular weight is 304 g/mol. The molecular weight excluding hydrogens is 295 g/mol. The second kappa shape index (κ2) is 5.27. The third-order valence-corrected chi connectivity index (χ3v) is 2.86. The minimum Gasteiger partial charge on any atom is -0.269 e. The molecule has 0 aliphatic carbocycles. The molecule has 1 aromatic carbocycles. The summed E-state index contributed by atoms with van der Waals surface area (Å²) < 4.78 is 65.3. The van der Waals surface area contributed by atoms with Crippen LogP contribution < -0.4 is 5.56 Å². The van der Waals surface area contributed by atoms with Gasteiger partial charge in [-0.25, -0.2) is 13.8 Å². The highest BCUT2D eigenvalue weighted by Gasteiger charge is 2.36. The Morgan fingerprint density at radius 2 is 1.90 bits per heavy atom. The molecule has 0 amide bonds. The van der Waals surface area contributed by atoms with Crippen molar-refractivity contribution in [3.05, 3.63) is 57.8 Å². The van der Waals surface area contributed by atoms with Gasteiger partial charge >= 0.3 is 6.18 Å². The molecule has 0 atom stereocenters. The van der Waals surface area contributed by atoms with E-state index in [1.807, 2.05) is 0 Å². The molecule has 0 aliphatic rings. The monoisotopic (exact) mass is 304 g/mol. The van der Waals surface area contributed by atoms with E-state index in [4.69, 9.17) is 0 Å². The van der Waals surface area contributed by atoms with E-state index in [0.717, 1.165) is 12.1 Å². The summed E-state index contributed by atoms with van der Waals surface area (Å²) in [6, 6.07) is 2.39. The molecule has 0 spiro atoms. The Balaban J connectivity index is 2.70. The van der Waals surface area contributed by atoms with Crippen molar-refractivity contribution in [3.63, 3.8) is 0 Å². The second-order valence-corrected chi connectivity index (χ2v) is 4.19. The van der Waals surface area contributed by atoms with Crippen molar-refractivity contribution in [2.45, 2.75) is 19.5 Å². The van der Waals surface area contributed by atoms with Gasteiger partial charge in [0.1, 0.15) is 18.0 Å². The molecule has 0 saturated heterocycles. The average Bonchev–Trinajstić information content (AvgIpc) is 2.38. The predicted octanol–water partition coefficient (Wildman–Crippen LogP) is 3.09. The fourth-order valence-corrected chi connectivity index (χ4v) is 1.90. The van der Waals surface area contributed by atoms with Gasteiger partial charge in [0.05, 0.1) is 5.69 Å². The molecule has 0 radical (unpaired) electrons. The summed E-state index contributed by atoms with van der Waals surface area (Å²) in [5, 5.41) is 0. The maximum Gasteiger partial charge on any atom is 0.433 e. The Hall–Kier alpha value is -2.25. The summed E-state index contributed by atoms with van der Waals surface area (Å²) in [5.41, 5.74) is -3.27. The van der Waals surface area contributed by atoms with Crippen LogP contribution in [0.5, 0.6) is 0 Å². The van der Waals surface area contributed by atoms with Gasteiger partial charge in [-0.3, -0.25) is 9.36 Å². The minimum atomic E-state index is -4.77. The molecule has 0 unspecified atom stereocenters. The summed E-state index contributed by atoms with van der Waals surface area (Å²) in [5.74, 6) is -1.93. The quantitative estimate of drug-likeness (QED) is 0.799. The van der Waals surface area contributed by atoms with Gasteiger partial charge in [-0.1, -0.05) is 6.92 Å². The summed E-state index contributed by atoms with van der Waals surface area (Å²) in [7, 11) is 0. The van der Waals surface area contributed by atoms with E-state index in [0.29, 0.717) is 17.0 Å². The topological polar surface area (TPSA) is 34.9 Å². The zero-order valence-electron chi connectivity index (χ0n) is 10.7. The van der Waals surface area contributed by atoms with Crippen LogP contribution in [-0.4, -0.2) is 9.55 Å². The number of aromatic nitrogens is 2. The van der Waals surface area contributed by atoms with Crippen molar-refractivity contribution in [2.24, 2.45) is 0 Å². The van der Waals surface area contributed by atoms with Crippen LogP contribution in [0.25, 0.3) is 5.69 Å². The van der Waals surface area contributed by atoms with Crippen LogP contribution >= 0.6 is 0 Å². The number of nitrogens with zero attached hydrogens (tertiary/aromatic N) is 2. The van der Waals surface area contributed by atoms with Gasteiger partial charge in [0.15, 0.2) is 5.69 Å². The van der Waals surface area contributed by atoms with E-state index in [1.54, 1.807) is 0 Å². The van der Waals surface area contributed by atoms with Crippen LogP contribution in [0.3, 0.4) is 0 Å². The molecule has 112 valence electrons. The van der Waals surface area contributed by atoms with Crippen LogP contribution in [-0.2, 0) is 12.6 Å². The Morgan fingerprint density at radius 1 is 1.24 bits per heavy atom. The molecule has 0 bridgehead atoms. The summed E-state index contributed by atoms with van der Waals surface area (Å²) >= 11 is 0. The maximum atomic E-state index is 13.6. The molecule has 21 heavy (non-hydrogen) atoms. The molecule has 2 rings (SSSR count). The van der Waals surface area contributed by atoms with Gasteiger partial charge in [0.2, 0.25) is 0 Å². The fraction of sp³-hybridized carbons (Fsp3) is 0.231. The Morgan fingerprint density at radius 3 is 2.43 bits per heavy atom. The van der Waals surface area contributed by atoms with Gasteiger partial charge < -0.3 is 0 Å². The number of halogens is 5. The van der Waals surface area contributed by atoms with E-state index in [-0.39, 0.29) is 12.1 Å². The van der Waals surface area contributed by atoms with Gasteiger partial charge in [-0.15, -0.1) is 0 Å². The molecule has 8 heteroatoms. The highest BCUT2D eigenvalue weighted by atomic mass is 19.4. The van der Waals surface area contributed by atoms with Crippen molar-refractivity contribution in [2.75, 3.05) is 0 Å².